The zero-order valence-electron chi connectivity index (χ0n) is 14.6. The summed E-state index contributed by atoms with van der Waals surface area (Å²) in [5.41, 5.74) is 1.05. The number of hydrogen-bond donors (Lipinski definition) is 2. The first kappa shape index (κ1) is 17.2. The minimum absolute atomic E-state index is 0.0353. The summed E-state index contributed by atoms with van der Waals surface area (Å²) in [6.45, 7) is 3.55. The number of nitrogens with one attached hydrogen (secondary N) is 2. The fourth-order valence-electron chi connectivity index (χ4n) is 3.94. The molecule has 6 heteroatoms. The van der Waals surface area contributed by atoms with Crippen LogP contribution in [-0.2, 0) is 11.2 Å². The van der Waals surface area contributed by atoms with Crippen molar-refractivity contribution in [2.75, 3.05) is 26.2 Å². The fraction of sp³-hybridized carbons (Fsp3) is 0.400. The first-order valence-corrected chi connectivity index (χ1v) is 9.96. The highest BCUT2D eigenvalue weighted by Crippen LogP contribution is 2.27. The summed E-state index contributed by atoms with van der Waals surface area (Å²) in [4.78, 5) is 28.3. The molecule has 26 heavy (non-hydrogen) atoms. The molecular formula is C20H23N3O2S. The Hall–Kier alpha value is -2.18. The number of fused-ring (bicyclic) bond motifs is 1. The Morgan fingerprint density at radius 3 is 2.50 bits per heavy atom. The second-order valence-electron chi connectivity index (χ2n) is 7.11. The van der Waals surface area contributed by atoms with Gasteiger partial charge in [-0.3, -0.25) is 9.59 Å². The van der Waals surface area contributed by atoms with Crippen LogP contribution >= 0.6 is 11.3 Å². The Kier molecular flexibility index (Phi) is 5.04. The van der Waals surface area contributed by atoms with Crippen LogP contribution in [0.3, 0.4) is 0 Å². The van der Waals surface area contributed by atoms with Crippen molar-refractivity contribution in [2.24, 2.45) is 11.8 Å². The van der Waals surface area contributed by atoms with Gasteiger partial charge < -0.3 is 15.5 Å². The van der Waals surface area contributed by atoms with Crippen molar-refractivity contribution in [3.8, 4) is 0 Å². The smallest absolute Gasteiger partial charge is 0.262 e. The average Bonchev–Trinajstić information content (AvgIpc) is 3.38. The Labute approximate surface area is 157 Å². The summed E-state index contributed by atoms with van der Waals surface area (Å²) in [7, 11) is 0. The number of carbonyl (C=O) groups excluding carboxylic acids is 2. The summed E-state index contributed by atoms with van der Waals surface area (Å²) < 4.78 is 0. The van der Waals surface area contributed by atoms with Crippen LogP contribution in [0.4, 0.5) is 0 Å². The molecule has 0 spiro atoms. The van der Waals surface area contributed by atoms with Crippen molar-refractivity contribution >= 4 is 23.2 Å². The molecule has 1 unspecified atom stereocenters. The Morgan fingerprint density at radius 1 is 1.12 bits per heavy atom. The quantitative estimate of drug-likeness (QED) is 0.844. The molecule has 0 bridgehead atoms. The summed E-state index contributed by atoms with van der Waals surface area (Å²) in [5, 5.41) is 8.24. The van der Waals surface area contributed by atoms with E-state index in [0.717, 1.165) is 31.7 Å². The van der Waals surface area contributed by atoms with Crippen LogP contribution in [0.1, 0.15) is 15.2 Å². The molecule has 2 saturated heterocycles. The molecule has 5 nitrogen and oxygen atoms in total. The third-order valence-corrected chi connectivity index (χ3v) is 6.20. The number of carbonyl (C=O) groups is 2. The van der Waals surface area contributed by atoms with Crippen molar-refractivity contribution in [1.82, 2.24) is 15.5 Å². The van der Waals surface area contributed by atoms with E-state index in [4.69, 9.17) is 0 Å². The van der Waals surface area contributed by atoms with Gasteiger partial charge in [0.05, 0.1) is 4.88 Å². The lowest BCUT2D eigenvalue weighted by molar-refractivity contribution is -0.132. The average molecular weight is 369 g/mol. The van der Waals surface area contributed by atoms with Crippen LogP contribution in [0, 0.1) is 11.8 Å². The van der Waals surface area contributed by atoms with Gasteiger partial charge in [0.15, 0.2) is 0 Å². The molecule has 3 heterocycles. The predicted octanol–water partition coefficient (Wildman–Crippen LogP) is 1.77. The zero-order chi connectivity index (χ0) is 17.9. The molecule has 2 aliphatic heterocycles. The summed E-state index contributed by atoms with van der Waals surface area (Å²) in [6.07, 6.45) is 0.515. The molecule has 4 rings (SSSR count). The molecule has 2 aromatic rings. The zero-order valence-corrected chi connectivity index (χ0v) is 15.4. The standard InChI is InChI=1S/C20H23N3O2S/c24-19(18-7-4-8-26-18)22-17(9-14-5-2-1-3-6-14)20(25)23-12-15-10-21-11-16(15)13-23/h1-8,15-17,21H,9-13H2,(H,22,24)/t15-,16+,17?. The monoisotopic (exact) mass is 369 g/mol. The maximum Gasteiger partial charge on any atom is 0.262 e. The number of amides is 2. The summed E-state index contributed by atoms with van der Waals surface area (Å²) >= 11 is 1.39. The fourth-order valence-corrected chi connectivity index (χ4v) is 4.57. The third-order valence-electron chi connectivity index (χ3n) is 5.33. The molecule has 2 fully saturated rings. The van der Waals surface area contributed by atoms with Gasteiger partial charge in [-0.2, -0.15) is 0 Å². The molecule has 1 aromatic heterocycles. The molecule has 2 amide bonds. The number of nitrogens with zero attached hydrogens (tertiary/aromatic N) is 1. The van der Waals surface area contributed by atoms with Gasteiger partial charge in [-0.05, 0) is 28.8 Å². The maximum atomic E-state index is 13.2. The summed E-state index contributed by atoms with van der Waals surface area (Å²) in [6, 6.07) is 13.0. The molecule has 2 N–H and O–H groups in total. The minimum Gasteiger partial charge on any atom is -0.340 e. The number of likely N-dealkylation sites (tertiary alicyclic amines) is 1. The molecule has 3 atom stereocenters. The second kappa shape index (κ2) is 7.60. The van der Waals surface area contributed by atoms with E-state index in [2.05, 4.69) is 10.6 Å². The number of benzene rings is 1. The summed E-state index contributed by atoms with van der Waals surface area (Å²) in [5.74, 6) is 0.956. The van der Waals surface area contributed by atoms with E-state index < -0.39 is 6.04 Å². The number of hydrogen-bond acceptors (Lipinski definition) is 4. The van der Waals surface area contributed by atoms with E-state index in [-0.39, 0.29) is 11.8 Å². The second-order valence-corrected chi connectivity index (χ2v) is 8.06. The van der Waals surface area contributed by atoms with Gasteiger partial charge in [0.25, 0.3) is 5.91 Å². The first-order chi connectivity index (χ1) is 12.7. The molecular weight excluding hydrogens is 346 g/mol. The van der Waals surface area contributed by atoms with Crippen LogP contribution < -0.4 is 10.6 Å². The molecule has 2 aliphatic rings. The highest BCUT2D eigenvalue weighted by Gasteiger charge is 2.40. The van der Waals surface area contributed by atoms with Crippen molar-refractivity contribution in [2.45, 2.75) is 12.5 Å². The van der Waals surface area contributed by atoms with Gasteiger partial charge in [-0.25, -0.2) is 0 Å². The lowest BCUT2D eigenvalue weighted by Gasteiger charge is -2.25. The van der Waals surface area contributed by atoms with E-state index in [0.29, 0.717) is 23.1 Å². The Balaban J connectivity index is 1.49. The van der Waals surface area contributed by atoms with E-state index in [9.17, 15) is 9.59 Å². The normalized spacial score (nSPS) is 22.8. The lowest BCUT2D eigenvalue weighted by atomic mass is 10.0. The SMILES string of the molecule is O=C(NC(Cc1ccccc1)C(=O)N1C[C@H]2CNC[C@H]2C1)c1cccs1. The molecule has 0 radical (unpaired) electrons. The third kappa shape index (κ3) is 3.66. The van der Waals surface area contributed by atoms with E-state index >= 15 is 0 Å². The van der Waals surface area contributed by atoms with Gasteiger partial charge in [-0.15, -0.1) is 11.3 Å². The van der Waals surface area contributed by atoms with E-state index in [1.165, 1.54) is 11.3 Å². The number of thiophene rings is 1. The van der Waals surface area contributed by atoms with Crippen LogP contribution in [0.15, 0.2) is 47.8 Å². The van der Waals surface area contributed by atoms with E-state index in [1.807, 2.05) is 46.7 Å². The Bertz CT molecular complexity index is 751. The van der Waals surface area contributed by atoms with Crippen LogP contribution in [-0.4, -0.2) is 48.9 Å². The van der Waals surface area contributed by atoms with E-state index in [1.54, 1.807) is 6.07 Å². The minimum atomic E-state index is -0.529. The van der Waals surface area contributed by atoms with Crippen LogP contribution in [0.5, 0.6) is 0 Å². The molecule has 136 valence electrons. The van der Waals surface area contributed by atoms with Gasteiger partial charge in [-0.1, -0.05) is 36.4 Å². The number of rotatable bonds is 5. The van der Waals surface area contributed by atoms with Crippen LogP contribution in [0.25, 0.3) is 0 Å². The maximum absolute atomic E-state index is 13.2. The highest BCUT2D eigenvalue weighted by molar-refractivity contribution is 7.12. The van der Waals surface area contributed by atoms with Gasteiger partial charge in [0.2, 0.25) is 5.91 Å². The topological polar surface area (TPSA) is 61.4 Å². The predicted molar refractivity (Wildman–Crippen MR) is 102 cm³/mol. The first-order valence-electron chi connectivity index (χ1n) is 9.08. The highest BCUT2D eigenvalue weighted by atomic mass is 32.1. The van der Waals surface area contributed by atoms with Crippen molar-refractivity contribution in [3.63, 3.8) is 0 Å². The van der Waals surface area contributed by atoms with Crippen molar-refractivity contribution in [3.05, 3.63) is 58.3 Å². The van der Waals surface area contributed by atoms with Gasteiger partial charge in [0, 0.05) is 32.6 Å². The van der Waals surface area contributed by atoms with Crippen molar-refractivity contribution < 1.29 is 9.59 Å². The van der Waals surface area contributed by atoms with Crippen LogP contribution in [0.2, 0.25) is 0 Å². The molecule has 1 aromatic carbocycles. The molecule has 0 saturated carbocycles. The molecule has 0 aliphatic carbocycles. The largest absolute Gasteiger partial charge is 0.340 e. The Morgan fingerprint density at radius 2 is 1.85 bits per heavy atom. The lowest BCUT2D eigenvalue weighted by Crippen LogP contribution is -2.49. The van der Waals surface area contributed by atoms with Gasteiger partial charge >= 0.3 is 0 Å². The van der Waals surface area contributed by atoms with Gasteiger partial charge in [0.1, 0.15) is 6.04 Å². The van der Waals surface area contributed by atoms with Crippen molar-refractivity contribution in [1.29, 1.82) is 0 Å².